The Morgan fingerprint density at radius 3 is 1.55 bits per heavy atom. The number of benzene rings is 3. The van der Waals surface area contributed by atoms with Crippen LogP contribution in [-0.4, -0.2) is 67.6 Å². The second kappa shape index (κ2) is 22.9. The summed E-state index contributed by atoms with van der Waals surface area (Å²) in [7, 11) is -11.8. The maximum atomic E-state index is 9.08. The van der Waals surface area contributed by atoms with Gasteiger partial charge in [-0.15, -0.1) is 0 Å². The van der Waals surface area contributed by atoms with Crippen LogP contribution in [0, 0.1) is 13.8 Å². The van der Waals surface area contributed by atoms with E-state index in [2.05, 4.69) is 54.4 Å². The molecule has 0 aliphatic carbocycles. The molecule has 20 heteroatoms. The molecule has 3 aromatic carbocycles. The van der Waals surface area contributed by atoms with Crippen molar-refractivity contribution in [2.24, 2.45) is 0 Å². The summed E-state index contributed by atoms with van der Waals surface area (Å²) in [5.41, 5.74) is 5.34. The molecule has 49 heavy (non-hydrogen) atoms. The van der Waals surface area contributed by atoms with Gasteiger partial charge in [0, 0.05) is 30.1 Å². The Morgan fingerprint density at radius 2 is 1.08 bits per heavy atom. The predicted molar refractivity (Wildman–Crippen MR) is 178 cm³/mol. The molecule has 0 aliphatic rings. The van der Waals surface area contributed by atoms with Crippen LogP contribution in [0.3, 0.4) is 0 Å². The zero-order chi connectivity index (χ0) is 34.7. The number of fused-ring (bicyclic) bond motifs is 1. The molecule has 2 heterocycles. The molecule has 5 rings (SSSR count). The average molecular weight is 777 g/mol. The van der Waals surface area contributed by atoms with E-state index < -0.39 is 30.4 Å². The number of para-hydroxylation sites is 3. The predicted octanol–water partition coefficient (Wildman–Crippen LogP) is -3.98. The number of hydrogen-bond donors (Lipinski definition) is 1. The van der Waals surface area contributed by atoms with Crippen molar-refractivity contribution in [3.63, 3.8) is 0 Å². The first-order chi connectivity index (χ1) is 21.2. The van der Waals surface area contributed by atoms with Crippen molar-refractivity contribution in [2.75, 3.05) is 29.0 Å². The Bertz CT molecular complexity index is 1940. The molecule has 0 saturated carbocycles. The Kier molecular flexibility index (Phi) is 23.4. The minimum absolute atomic E-state index is 0. The van der Waals surface area contributed by atoms with Crippen LogP contribution in [0.2, 0.25) is 0 Å². The molecular formula is C29H31N4Na3O9S4. The largest absolute Gasteiger partial charge is 1.00 e. The summed E-state index contributed by atoms with van der Waals surface area (Å²) >= 11 is 1.67. The van der Waals surface area contributed by atoms with Gasteiger partial charge in [0.2, 0.25) is 0 Å². The number of thiazole rings is 1. The topological polar surface area (TPSA) is 213 Å². The normalized spacial score (nSPS) is 10.4. The molecule has 0 unspecified atom stereocenters. The molecule has 1 N–H and O–H groups in total. The second-order valence-corrected chi connectivity index (χ2v) is 14.7. The van der Waals surface area contributed by atoms with E-state index in [0.29, 0.717) is 18.8 Å². The minimum Gasteiger partial charge on any atom is -0.748 e. The standard InChI is InChI=1S/C26H22N4S.3CH4O3S.3Na/c1-18-17-24(29-25(19(18)2)27-20-11-5-3-6-12-20)30(21-13-7-4-8-14-21)26-28-22-15-9-10-16-23(22)31-26;3*1-5(2,3)4;;;/h3-17H,1-2H3,(H,27,29);3*1H3,(H,2,3,4);;;/q;;;;3*+1/p-3. The van der Waals surface area contributed by atoms with Crippen molar-refractivity contribution in [3.05, 3.63) is 102 Å². The molecule has 0 bridgehead atoms. The van der Waals surface area contributed by atoms with Gasteiger partial charge < -0.3 is 19.0 Å². The van der Waals surface area contributed by atoms with Crippen LogP contribution in [0.4, 0.5) is 28.1 Å². The third-order valence-corrected chi connectivity index (χ3v) is 6.29. The van der Waals surface area contributed by atoms with E-state index in [1.54, 1.807) is 11.3 Å². The van der Waals surface area contributed by atoms with E-state index in [1.165, 1.54) is 5.56 Å². The van der Waals surface area contributed by atoms with Crippen molar-refractivity contribution >= 4 is 80.0 Å². The summed E-state index contributed by atoms with van der Waals surface area (Å²) in [6.07, 6.45) is 1.81. The SMILES string of the molecule is CS(=O)(=O)[O-].CS(=O)(=O)[O-].CS(=O)(=O)[O-].Cc1cc(N(c2ccccc2)c2nc3ccccc3s2)nc(Nc2ccccc2)c1C.[Na+].[Na+].[Na+]. The van der Waals surface area contributed by atoms with E-state index in [4.69, 9.17) is 48.9 Å². The van der Waals surface area contributed by atoms with Gasteiger partial charge in [-0.05, 0) is 67.4 Å². The number of pyridine rings is 1. The second-order valence-electron chi connectivity index (χ2n) is 9.51. The van der Waals surface area contributed by atoms with Crippen molar-refractivity contribution in [1.82, 2.24) is 9.97 Å². The fourth-order valence-corrected chi connectivity index (χ4v) is 4.48. The molecule has 2 aromatic heterocycles. The van der Waals surface area contributed by atoms with E-state index in [1.807, 2.05) is 60.7 Å². The number of rotatable bonds is 5. The molecule has 5 aromatic rings. The van der Waals surface area contributed by atoms with Crippen LogP contribution in [0.15, 0.2) is 91.0 Å². The Labute approximate surface area is 358 Å². The summed E-state index contributed by atoms with van der Waals surface area (Å²) in [5, 5.41) is 4.38. The van der Waals surface area contributed by atoms with E-state index in [-0.39, 0.29) is 88.7 Å². The third kappa shape index (κ3) is 21.9. The first-order valence-electron chi connectivity index (χ1n) is 12.9. The minimum atomic E-state index is -3.92. The zero-order valence-electron chi connectivity index (χ0n) is 28.3. The van der Waals surface area contributed by atoms with Crippen LogP contribution in [0.1, 0.15) is 11.1 Å². The van der Waals surface area contributed by atoms with Crippen molar-refractivity contribution < 1.29 is 128 Å². The average Bonchev–Trinajstić information content (AvgIpc) is 3.34. The van der Waals surface area contributed by atoms with Gasteiger partial charge in [0.15, 0.2) is 5.13 Å². The van der Waals surface area contributed by atoms with Gasteiger partial charge >= 0.3 is 88.7 Å². The van der Waals surface area contributed by atoms with Gasteiger partial charge in [-0.2, -0.15) is 0 Å². The third-order valence-electron chi connectivity index (χ3n) is 5.27. The van der Waals surface area contributed by atoms with E-state index >= 15 is 0 Å². The fourth-order valence-electron chi connectivity index (χ4n) is 3.49. The Morgan fingerprint density at radius 1 is 0.653 bits per heavy atom. The van der Waals surface area contributed by atoms with Gasteiger partial charge in [-0.3, -0.25) is 4.90 Å². The first-order valence-corrected chi connectivity index (χ1v) is 19.2. The summed E-state index contributed by atoms with van der Waals surface area (Å²) in [5.74, 6) is 1.69. The smallest absolute Gasteiger partial charge is 0.748 e. The molecule has 0 aliphatic heterocycles. The molecule has 0 radical (unpaired) electrons. The maximum Gasteiger partial charge on any atom is 1.00 e. The van der Waals surface area contributed by atoms with Gasteiger partial charge in [0.1, 0.15) is 11.6 Å². The number of anilines is 5. The van der Waals surface area contributed by atoms with Gasteiger partial charge in [0.25, 0.3) is 0 Å². The molecule has 0 fully saturated rings. The molecule has 248 valence electrons. The van der Waals surface area contributed by atoms with Crippen LogP contribution in [0.5, 0.6) is 0 Å². The van der Waals surface area contributed by atoms with Crippen LogP contribution >= 0.6 is 11.3 Å². The van der Waals surface area contributed by atoms with Gasteiger partial charge in [-0.25, -0.2) is 35.2 Å². The molecule has 0 atom stereocenters. The summed E-state index contributed by atoms with van der Waals surface area (Å²) in [4.78, 5) is 12.1. The van der Waals surface area contributed by atoms with Crippen LogP contribution < -0.4 is 98.9 Å². The van der Waals surface area contributed by atoms with Crippen molar-refractivity contribution in [2.45, 2.75) is 13.8 Å². The monoisotopic (exact) mass is 776 g/mol. The van der Waals surface area contributed by atoms with Crippen LogP contribution in [-0.2, 0) is 30.4 Å². The Balaban J connectivity index is 0. The summed E-state index contributed by atoms with van der Waals surface area (Å²) < 4.78 is 82.8. The number of nitrogens with one attached hydrogen (secondary N) is 1. The number of aromatic nitrogens is 2. The molecule has 0 amide bonds. The van der Waals surface area contributed by atoms with Crippen LogP contribution in [0.25, 0.3) is 10.2 Å². The zero-order valence-corrected chi connectivity index (χ0v) is 37.6. The van der Waals surface area contributed by atoms with E-state index in [0.717, 1.165) is 43.9 Å². The molecule has 0 saturated heterocycles. The number of hydrogen-bond acceptors (Lipinski definition) is 14. The maximum absolute atomic E-state index is 9.08. The number of nitrogens with zero attached hydrogens (tertiary/aromatic N) is 3. The molecule has 13 nitrogen and oxygen atoms in total. The quantitative estimate of drug-likeness (QED) is 0.133. The van der Waals surface area contributed by atoms with Gasteiger partial charge in [0.05, 0.1) is 40.6 Å². The summed E-state index contributed by atoms with van der Waals surface area (Å²) in [6.45, 7) is 4.22. The fraction of sp³-hybridized carbons (Fsp3) is 0.172. The summed E-state index contributed by atoms with van der Waals surface area (Å²) in [6, 6.07) is 30.8. The molecular weight excluding hydrogens is 746 g/mol. The number of aryl methyl sites for hydroxylation is 1. The first kappa shape index (κ1) is 50.1. The van der Waals surface area contributed by atoms with Crippen molar-refractivity contribution in [1.29, 1.82) is 0 Å². The molecule has 0 spiro atoms. The Hall–Kier alpha value is -0.970. The van der Waals surface area contributed by atoms with E-state index in [9.17, 15) is 0 Å². The van der Waals surface area contributed by atoms with Gasteiger partial charge in [-0.1, -0.05) is 59.9 Å². The van der Waals surface area contributed by atoms with Crippen molar-refractivity contribution in [3.8, 4) is 0 Å².